The maximum Gasteiger partial charge on any atom is 0.266 e. The Labute approximate surface area is 154 Å². The maximum atomic E-state index is 12.1. The number of nitrogens with one attached hydrogen (secondary N) is 1. The van der Waals surface area contributed by atoms with Crippen molar-refractivity contribution in [3.8, 4) is 23.0 Å². The molecular formula is C19H17N3O5. The van der Waals surface area contributed by atoms with Crippen LogP contribution in [0.25, 0.3) is 11.5 Å². The minimum absolute atomic E-state index is 0.149. The molecule has 8 nitrogen and oxygen atoms in total. The highest BCUT2D eigenvalue weighted by Crippen LogP contribution is 2.34. The number of nitrogens with zero attached hydrogens (tertiary/aromatic N) is 2. The predicted octanol–water partition coefficient (Wildman–Crippen LogP) is 2.65. The quantitative estimate of drug-likeness (QED) is 0.720. The second kappa shape index (κ2) is 7.36. The average Bonchev–Trinajstić information content (AvgIpc) is 3.34. The van der Waals surface area contributed by atoms with Gasteiger partial charge >= 0.3 is 0 Å². The predicted molar refractivity (Wildman–Crippen MR) is 96.6 cm³/mol. The number of benzene rings is 1. The molecule has 8 heteroatoms. The van der Waals surface area contributed by atoms with E-state index in [4.69, 9.17) is 13.9 Å². The van der Waals surface area contributed by atoms with Crippen molar-refractivity contribution in [2.75, 3.05) is 12.1 Å². The fourth-order valence-electron chi connectivity index (χ4n) is 2.75. The highest BCUT2D eigenvalue weighted by molar-refractivity contribution is 5.91. The number of rotatable bonds is 6. The van der Waals surface area contributed by atoms with Gasteiger partial charge in [0.25, 0.3) is 5.56 Å². The van der Waals surface area contributed by atoms with E-state index in [2.05, 4.69) is 10.4 Å². The van der Waals surface area contributed by atoms with E-state index in [1.807, 2.05) is 0 Å². The molecule has 0 spiro atoms. The summed E-state index contributed by atoms with van der Waals surface area (Å²) in [6.45, 7) is 0.521. The Morgan fingerprint density at radius 3 is 2.89 bits per heavy atom. The van der Waals surface area contributed by atoms with Gasteiger partial charge in [0.1, 0.15) is 5.69 Å². The summed E-state index contributed by atoms with van der Waals surface area (Å²) >= 11 is 0. The molecule has 0 unspecified atom stereocenters. The summed E-state index contributed by atoms with van der Waals surface area (Å²) in [5.74, 6) is 1.71. The van der Waals surface area contributed by atoms with E-state index in [-0.39, 0.29) is 24.7 Å². The minimum Gasteiger partial charge on any atom is -0.463 e. The average molecular weight is 367 g/mol. The first-order chi connectivity index (χ1) is 13.2. The molecule has 0 saturated heterocycles. The van der Waals surface area contributed by atoms with Crippen LogP contribution in [0.5, 0.6) is 11.5 Å². The third kappa shape index (κ3) is 3.84. The lowest BCUT2D eigenvalue weighted by Crippen LogP contribution is -2.23. The van der Waals surface area contributed by atoms with Crippen molar-refractivity contribution in [3.05, 3.63) is 59.1 Å². The summed E-state index contributed by atoms with van der Waals surface area (Å²) < 4.78 is 17.2. The first-order valence-corrected chi connectivity index (χ1v) is 8.50. The molecule has 2 aromatic heterocycles. The lowest BCUT2D eigenvalue weighted by molar-refractivity contribution is -0.116. The highest BCUT2D eigenvalue weighted by Gasteiger charge is 2.14. The van der Waals surface area contributed by atoms with Gasteiger partial charge in [-0.25, -0.2) is 4.68 Å². The van der Waals surface area contributed by atoms with Crippen LogP contribution in [0.2, 0.25) is 0 Å². The van der Waals surface area contributed by atoms with Crippen molar-refractivity contribution in [2.45, 2.75) is 19.4 Å². The summed E-state index contributed by atoms with van der Waals surface area (Å²) in [5, 5.41) is 7.09. The Morgan fingerprint density at radius 1 is 1.15 bits per heavy atom. The third-order valence-corrected chi connectivity index (χ3v) is 4.07. The normalized spacial score (nSPS) is 12.1. The van der Waals surface area contributed by atoms with Gasteiger partial charge in [-0.1, -0.05) is 0 Å². The number of hydrogen-bond acceptors (Lipinski definition) is 6. The topological polar surface area (TPSA) is 95.6 Å². The summed E-state index contributed by atoms with van der Waals surface area (Å²) in [6.07, 6.45) is 2.28. The smallest absolute Gasteiger partial charge is 0.266 e. The van der Waals surface area contributed by atoms with Gasteiger partial charge in [0.15, 0.2) is 17.3 Å². The summed E-state index contributed by atoms with van der Waals surface area (Å²) in [7, 11) is 0. The first-order valence-electron chi connectivity index (χ1n) is 8.50. The Bertz CT molecular complexity index is 1010. The molecule has 3 heterocycles. The molecule has 0 bridgehead atoms. The monoisotopic (exact) mass is 367 g/mol. The second-order valence-electron chi connectivity index (χ2n) is 5.98. The van der Waals surface area contributed by atoms with Crippen LogP contribution in [0.3, 0.4) is 0 Å². The highest BCUT2D eigenvalue weighted by atomic mass is 16.7. The Balaban J connectivity index is 1.33. The van der Waals surface area contributed by atoms with E-state index in [0.29, 0.717) is 41.6 Å². The van der Waals surface area contributed by atoms with E-state index in [1.165, 1.54) is 10.7 Å². The van der Waals surface area contributed by atoms with Crippen LogP contribution in [0.1, 0.15) is 12.8 Å². The van der Waals surface area contributed by atoms with E-state index in [9.17, 15) is 9.59 Å². The number of carbonyl (C=O) groups is 1. The number of aromatic nitrogens is 2. The Kier molecular flexibility index (Phi) is 4.61. The largest absolute Gasteiger partial charge is 0.463 e. The van der Waals surface area contributed by atoms with E-state index in [1.54, 1.807) is 42.7 Å². The summed E-state index contributed by atoms with van der Waals surface area (Å²) in [4.78, 5) is 24.1. The van der Waals surface area contributed by atoms with Crippen molar-refractivity contribution in [3.63, 3.8) is 0 Å². The van der Waals surface area contributed by atoms with Crippen LogP contribution < -0.4 is 20.3 Å². The number of hydrogen-bond donors (Lipinski definition) is 1. The first kappa shape index (κ1) is 16.9. The number of ether oxygens (including phenoxy) is 2. The van der Waals surface area contributed by atoms with Crippen LogP contribution in [-0.4, -0.2) is 22.5 Å². The van der Waals surface area contributed by atoms with Gasteiger partial charge in [0.2, 0.25) is 12.7 Å². The number of amides is 1. The van der Waals surface area contributed by atoms with Gasteiger partial charge in [-0.2, -0.15) is 5.10 Å². The van der Waals surface area contributed by atoms with Crippen LogP contribution in [0.15, 0.2) is 57.9 Å². The molecule has 1 aromatic carbocycles. The summed E-state index contributed by atoms with van der Waals surface area (Å²) in [6, 6.07) is 11.8. The molecular weight excluding hydrogens is 350 g/mol. The fraction of sp³-hybridized carbons (Fsp3) is 0.211. The zero-order valence-electron chi connectivity index (χ0n) is 14.4. The van der Waals surface area contributed by atoms with Gasteiger partial charge in [-0.15, -0.1) is 0 Å². The van der Waals surface area contributed by atoms with Crippen LogP contribution in [-0.2, 0) is 11.3 Å². The zero-order valence-corrected chi connectivity index (χ0v) is 14.4. The number of furan rings is 1. The molecule has 1 amide bonds. The van der Waals surface area contributed by atoms with Gasteiger partial charge in [0, 0.05) is 30.8 Å². The molecule has 1 aliphatic rings. The standard InChI is InChI=1S/C19H17N3O5/c23-18(20-13-5-7-16-17(11-13)27-12-26-16)4-1-9-22-19(24)8-6-14(21-22)15-3-2-10-25-15/h2-3,5-8,10-11H,1,4,9,12H2,(H,20,23). The second-order valence-corrected chi connectivity index (χ2v) is 5.98. The number of fused-ring (bicyclic) bond motifs is 1. The summed E-state index contributed by atoms with van der Waals surface area (Å²) in [5.41, 5.74) is 0.991. The SMILES string of the molecule is O=C(CCCn1nc(-c2ccco2)ccc1=O)Nc1ccc2c(c1)OCO2. The Hall–Kier alpha value is -3.55. The molecule has 0 fully saturated rings. The molecule has 1 aliphatic heterocycles. The molecule has 0 radical (unpaired) electrons. The van der Waals surface area contributed by atoms with E-state index < -0.39 is 0 Å². The van der Waals surface area contributed by atoms with E-state index in [0.717, 1.165) is 0 Å². The van der Waals surface area contributed by atoms with Crippen molar-refractivity contribution >= 4 is 11.6 Å². The van der Waals surface area contributed by atoms with Crippen LogP contribution in [0.4, 0.5) is 5.69 Å². The third-order valence-electron chi connectivity index (χ3n) is 4.07. The molecule has 1 N–H and O–H groups in total. The van der Waals surface area contributed by atoms with Crippen molar-refractivity contribution in [1.29, 1.82) is 0 Å². The van der Waals surface area contributed by atoms with Gasteiger partial charge in [-0.3, -0.25) is 9.59 Å². The molecule has 138 valence electrons. The molecule has 0 aliphatic carbocycles. The fourth-order valence-corrected chi connectivity index (χ4v) is 2.75. The Morgan fingerprint density at radius 2 is 2.04 bits per heavy atom. The van der Waals surface area contributed by atoms with Crippen molar-refractivity contribution in [2.24, 2.45) is 0 Å². The number of aryl methyl sites for hydroxylation is 1. The number of anilines is 1. The zero-order chi connectivity index (χ0) is 18.6. The lowest BCUT2D eigenvalue weighted by atomic mass is 10.2. The molecule has 4 rings (SSSR count). The molecule has 0 atom stereocenters. The molecule has 27 heavy (non-hydrogen) atoms. The van der Waals surface area contributed by atoms with Gasteiger partial charge < -0.3 is 19.2 Å². The van der Waals surface area contributed by atoms with Crippen LogP contribution >= 0.6 is 0 Å². The lowest BCUT2D eigenvalue weighted by Gasteiger charge is -2.07. The van der Waals surface area contributed by atoms with Gasteiger partial charge in [0.05, 0.1) is 6.26 Å². The van der Waals surface area contributed by atoms with Crippen molar-refractivity contribution in [1.82, 2.24) is 9.78 Å². The molecule has 0 saturated carbocycles. The van der Waals surface area contributed by atoms with Gasteiger partial charge in [-0.05, 0) is 36.8 Å². The number of carbonyl (C=O) groups excluding carboxylic acids is 1. The van der Waals surface area contributed by atoms with Crippen LogP contribution in [0, 0.1) is 0 Å². The van der Waals surface area contributed by atoms with E-state index >= 15 is 0 Å². The minimum atomic E-state index is -0.221. The maximum absolute atomic E-state index is 12.1. The molecule has 3 aromatic rings. The van der Waals surface area contributed by atoms with Crippen molar-refractivity contribution < 1.29 is 18.7 Å².